The molecule has 4 rings (SSSR count). The number of ether oxygens (including phenoxy) is 3. The highest BCUT2D eigenvalue weighted by Crippen LogP contribution is 2.32. The van der Waals surface area contributed by atoms with Gasteiger partial charge in [-0.05, 0) is 67.5 Å². The number of rotatable bonds is 9. The van der Waals surface area contributed by atoms with Crippen LogP contribution < -0.4 is 20.4 Å². The fourth-order valence-corrected chi connectivity index (χ4v) is 4.97. The van der Waals surface area contributed by atoms with Crippen molar-refractivity contribution in [1.82, 2.24) is 5.32 Å². The Morgan fingerprint density at radius 3 is 2.46 bits per heavy atom. The number of hydrogen-bond donors (Lipinski definition) is 1. The van der Waals surface area contributed by atoms with Crippen LogP contribution >= 0.6 is 0 Å². The van der Waals surface area contributed by atoms with Crippen molar-refractivity contribution in [1.29, 1.82) is 0 Å². The van der Waals surface area contributed by atoms with Gasteiger partial charge in [0.1, 0.15) is 17.1 Å². The van der Waals surface area contributed by atoms with Crippen molar-refractivity contribution in [3.8, 4) is 11.5 Å². The third-order valence-corrected chi connectivity index (χ3v) is 7.02. The first-order valence-corrected chi connectivity index (χ1v) is 12.6. The lowest BCUT2D eigenvalue weighted by Crippen LogP contribution is -2.34. The molecule has 1 amide bonds. The van der Waals surface area contributed by atoms with E-state index in [1.807, 2.05) is 19.1 Å². The van der Waals surface area contributed by atoms with Gasteiger partial charge in [0.25, 0.3) is 0 Å². The predicted molar refractivity (Wildman–Crippen MR) is 139 cm³/mol. The number of fused-ring (bicyclic) bond motifs is 1. The molecule has 37 heavy (non-hydrogen) atoms. The molecule has 0 saturated carbocycles. The fourth-order valence-electron chi connectivity index (χ4n) is 4.97. The van der Waals surface area contributed by atoms with Gasteiger partial charge in [-0.3, -0.25) is 9.59 Å². The highest BCUT2D eigenvalue weighted by Gasteiger charge is 2.26. The van der Waals surface area contributed by atoms with Crippen LogP contribution in [0.25, 0.3) is 11.0 Å². The number of nitrogens with one attached hydrogen (secondary N) is 1. The van der Waals surface area contributed by atoms with E-state index in [4.69, 9.17) is 18.6 Å². The maximum atomic E-state index is 12.8. The summed E-state index contributed by atoms with van der Waals surface area (Å²) in [5, 5.41) is 3.83. The molecule has 196 valence electrons. The number of carbonyl (C=O) groups is 2. The molecule has 1 aromatic heterocycles. The Morgan fingerprint density at radius 1 is 1.08 bits per heavy atom. The molecule has 8 nitrogen and oxygen atoms in total. The van der Waals surface area contributed by atoms with Crippen molar-refractivity contribution in [2.24, 2.45) is 5.92 Å². The van der Waals surface area contributed by atoms with Gasteiger partial charge in [-0.2, -0.15) is 0 Å². The quantitative estimate of drug-likeness (QED) is 0.262. The summed E-state index contributed by atoms with van der Waals surface area (Å²) in [7, 11) is 1.64. The van der Waals surface area contributed by atoms with Crippen LogP contribution in [0.15, 0.2) is 51.7 Å². The Morgan fingerprint density at radius 2 is 1.78 bits per heavy atom. The van der Waals surface area contributed by atoms with Crippen molar-refractivity contribution in [2.75, 3.05) is 26.9 Å². The van der Waals surface area contributed by atoms with Crippen molar-refractivity contribution >= 4 is 22.8 Å². The molecule has 0 aliphatic carbocycles. The number of benzene rings is 2. The molecule has 8 heteroatoms. The van der Waals surface area contributed by atoms with Gasteiger partial charge in [-0.25, -0.2) is 4.79 Å². The Kier molecular flexibility index (Phi) is 8.61. The van der Waals surface area contributed by atoms with Gasteiger partial charge in [0.05, 0.1) is 7.11 Å². The summed E-state index contributed by atoms with van der Waals surface area (Å²) in [6.07, 6.45) is 2.34. The second kappa shape index (κ2) is 12.1. The maximum Gasteiger partial charge on any atom is 0.339 e. The monoisotopic (exact) mass is 507 g/mol. The van der Waals surface area contributed by atoms with Crippen LogP contribution in [0.4, 0.5) is 0 Å². The van der Waals surface area contributed by atoms with Gasteiger partial charge in [-0.1, -0.05) is 12.1 Å². The molecule has 1 N–H and O–H groups in total. The van der Waals surface area contributed by atoms with E-state index in [9.17, 15) is 14.4 Å². The average molecular weight is 508 g/mol. The van der Waals surface area contributed by atoms with Gasteiger partial charge in [-0.15, -0.1) is 0 Å². The summed E-state index contributed by atoms with van der Waals surface area (Å²) < 4.78 is 21.4. The molecule has 1 atom stereocenters. The highest BCUT2D eigenvalue weighted by atomic mass is 16.5. The first-order chi connectivity index (χ1) is 17.9. The minimum Gasteiger partial charge on any atom is -0.497 e. The van der Waals surface area contributed by atoms with Crippen LogP contribution in [0.5, 0.6) is 11.5 Å². The Hall–Kier alpha value is -3.65. The third-order valence-electron chi connectivity index (χ3n) is 7.02. The lowest BCUT2D eigenvalue weighted by atomic mass is 9.81. The summed E-state index contributed by atoms with van der Waals surface area (Å²) in [5.74, 6) is 1.12. The second-order valence-electron chi connectivity index (χ2n) is 9.38. The van der Waals surface area contributed by atoms with E-state index in [1.165, 1.54) is 13.0 Å². The van der Waals surface area contributed by atoms with Gasteiger partial charge < -0.3 is 23.9 Å². The SMILES string of the molecule is COc1ccc([C@H](CNC(=O)CCc2c(C)c3ccc(OC(C)=O)cc3oc2=O)C2CCOCC2)cc1. The van der Waals surface area contributed by atoms with E-state index < -0.39 is 11.6 Å². The summed E-state index contributed by atoms with van der Waals surface area (Å²) in [6.45, 7) is 5.11. The molecule has 1 aliphatic rings. The molecule has 2 aromatic carbocycles. The van der Waals surface area contributed by atoms with Crippen molar-refractivity contribution in [3.63, 3.8) is 0 Å². The van der Waals surface area contributed by atoms with Crippen LogP contribution in [0.3, 0.4) is 0 Å². The first kappa shape index (κ1) is 26.4. The van der Waals surface area contributed by atoms with Crippen molar-refractivity contribution in [2.45, 2.75) is 45.4 Å². The highest BCUT2D eigenvalue weighted by molar-refractivity contribution is 5.83. The molecule has 1 aliphatic heterocycles. The van der Waals surface area contributed by atoms with E-state index >= 15 is 0 Å². The van der Waals surface area contributed by atoms with Gasteiger partial charge in [0.15, 0.2) is 0 Å². The standard InChI is InChI=1S/C29H33NO7/c1-18-24-9-8-23(36-19(2)31)16-27(24)37-29(33)25(18)10-11-28(32)30-17-26(21-12-14-35-15-13-21)20-4-6-22(34-3)7-5-20/h4-9,16,21,26H,10-15,17H2,1-3H3,(H,30,32)/t26-/m0/s1. The second-order valence-corrected chi connectivity index (χ2v) is 9.38. The zero-order valence-electron chi connectivity index (χ0n) is 21.5. The molecule has 0 radical (unpaired) electrons. The molecule has 0 spiro atoms. The Bertz CT molecular complexity index is 1310. The Labute approximate surface area is 215 Å². The third kappa shape index (κ3) is 6.57. The topological polar surface area (TPSA) is 104 Å². The normalized spacial score (nSPS) is 14.8. The fraction of sp³-hybridized carbons (Fsp3) is 0.414. The minimum atomic E-state index is -0.490. The summed E-state index contributed by atoms with van der Waals surface area (Å²) >= 11 is 0. The maximum absolute atomic E-state index is 12.8. The molecule has 2 heterocycles. The number of esters is 1. The van der Waals surface area contributed by atoms with E-state index in [2.05, 4.69) is 17.4 Å². The zero-order valence-corrected chi connectivity index (χ0v) is 21.5. The molecule has 0 bridgehead atoms. The van der Waals surface area contributed by atoms with Gasteiger partial charge in [0, 0.05) is 56.0 Å². The number of aryl methyl sites for hydroxylation is 1. The predicted octanol–water partition coefficient (Wildman–Crippen LogP) is 4.29. The van der Waals surface area contributed by atoms with Crippen LogP contribution in [0, 0.1) is 12.8 Å². The van der Waals surface area contributed by atoms with E-state index in [0.29, 0.717) is 29.4 Å². The van der Waals surface area contributed by atoms with Crippen LogP contribution in [0.1, 0.15) is 48.8 Å². The summed E-state index contributed by atoms with van der Waals surface area (Å²) in [4.78, 5) is 36.7. The van der Waals surface area contributed by atoms with Gasteiger partial charge in [0.2, 0.25) is 5.91 Å². The largest absolute Gasteiger partial charge is 0.497 e. The summed E-state index contributed by atoms with van der Waals surface area (Å²) in [6, 6.07) is 12.9. The summed E-state index contributed by atoms with van der Waals surface area (Å²) in [5.41, 5.74) is 2.24. The number of amides is 1. The number of carbonyl (C=O) groups excluding carboxylic acids is 2. The minimum absolute atomic E-state index is 0.116. The molecular weight excluding hydrogens is 474 g/mol. The van der Waals surface area contributed by atoms with Gasteiger partial charge >= 0.3 is 11.6 Å². The van der Waals surface area contributed by atoms with E-state index in [0.717, 1.165) is 48.3 Å². The van der Waals surface area contributed by atoms with Crippen molar-refractivity contribution in [3.05, 3.63) is 69.6 Å². The Balaban J connectivity index is 1.43. The van der Waals surface area contributed by atoms with Crippen LogP contribution in [-0.4, -0.2) is 38.7 Å². The average Bonchev–Trinajstić information content (AvgIpc) is 2.89. The lowest BCUT2D eigenvalue weighted by Gasteiger charge is -2.31. The van der Waals surface area contributed by atoms with E-state index in [1.54, 1.807) is 19.2 Å². The number of hydrogen-bond acceptors (Lipinski definition) is 7. The molecule has 0 unspecified atom stereocenters. The van der Waals surface area contributed by atoms with Crippen molar-refractivity contribution < 1.29 is 28.2 Å². The van der Waals surface area contributed by atoms with Crippen LogP contribution in [0.2, 0.25) is 0 Å². The zero-order chi connectivity index (χ0) is 26.4. The van der Waals surface area contributed by atoms with E-state index in [-0.39, 0.29) is 24.7 Å². The lowest BCUT2D eigenvalue weighted by molar-refractivity contribution is -0.131. The number of methoxy groups -OCH3 is 1. The van der Waals surface area contributed by atoms with Crippen LogP contribution in [-0.2, 0) is 20.7 Å². The first-order valence-electron chi connectivity index (χ1n) is 12.6. The molecule has 3 aromatic rings. The smallest absolute Gasteiger partial charge is 0.339 e. The molecule has 1 saturated heterocycles. The molecule has 1 fully saturated rings. The molecular formula is C29H33NO7.